The lowest BCUT2D eigenvalue weighted by molar-refractivity contribution is 0.325. The molecule has 2 fully saturated rings. The Morgan fingerprint density at radius 1 is 1.33 bits per heavy atom. The Morgan fingerprint density at radius 3 is 2.73 bits per heavy atom. The minimum atomic E-state index is 0.291. The highest BCUT2D eigenvalue weighted by molar-refractivity contribution is 7.12. The molecule has 0 N–H and O–H groups in total. The smallest absolute Gasteiger partial charge is 0.0709 e. The van der Waals surface area contributed by atoms with Crippen LogP contribution >= 0.6 is 22.9 Å². The van der Waals surface area contributed by atoms with Crippen molar-refractivity contribution in [1.29, 1.82) is 0 Å². The minimum absolute atomic E-state index is 0.291. The molecule has 0 saturated heterocycles. The van der Waals surface area contributed by atoms with E-state index in [2.05, 4.69) is 19.1 Å². The molecular weight excluding hydrogens is 224 g/mol. The molecule has 0 spiro atoms. The van der Waals surface area contributed by atoms with Crippen molar-refractivity contribution in [2.75, 3.05) is 0 Å². The summed E-state index contributed by atoms with van der Waals surface area (Å²) in [4.78, 5) is 2.78. The van der Waals surface area contributed by atoms with E-state index in [1.54, 1.807) is 0 Å². The standard InChI is InChI=1S/C13H17ClS/c1-8-2-5-12(15-8)13(14)11-7-9-3-4-10(11)6-9/h2,5,9-11,13H,3-4,6-7H2,1H3. The molecule has 1 heterocycles. The number of hydrogen-bond donors (Lipinski definition) is 0. The Hall–Kier alpha value is -0.0100. The molecule has 1 aromatic rings. The third-order valence-electron chi connectivity index (χ3n) is 4.20. The molecular formula is C13H17ClS. The van der Waals surface area contributed by atoms with Crippen LogP contribution in [0.3, 0.4) is 0 Å². The van der Waals surface area contributed by atoms with Crippen LogP contribution in [0.4, 0.5) is 0 Å². The average molecular weight is 241 g/mol. The van der Waals surface area contributed by atoms with E-state index in [1.807, 2.05) is 11.3 Å². The number of alkyl halides is 1. The van der Waals surface area contributed by atoms with Crippen LogP contribution in [0, 0.1) is 24.7 Å². The zero-order valence-corrected chi connectivity index (χ0v) is 10.7. The second kappa shape index (κ2) is 3.78. The van der Waals surface area contributed by atoms with E-state index < -0.39 is 0 Å². The van der Waals surface area contributed by atoms with Gasteiger partial charge in [0.25, 0.3) is 0 Å². The second-order valence-electron chi connectivity index (χ2n) is 5.19. The van der Waals surface area contributed by atoms with Crippen molar-refractivity contribution in [3.05, 3.63) is 21.9 Å². The first kappa shape index (κ1) is 10.2. The Labute approximate surface area is 101 Å². The molecule has 4 unspecified atom stereocenters. The van der Waals surface area contributed by atoms with Gasteiger partial charge in [-0.2, -0.15) is 0 Å². The van der Waals surface area contributed by atoms with Crippen molar-refractivity contribution in [3.63, 3.8) is 0 Å². The van der Waals surface area contributed by atoms with Crippen molar-refractivity contribution in [1.82, 2.24) is 0 Å². The van der Waals surface area contributed by atoms with Crippen LogP contribution < -0.4 is 0 Å². The predicted molar refractivity (Wildman–Crippen MR) is 66.6 cm³/mol. The maximum atomic E-state index is 6.63. The zero-order valence-electron chi connectivity index (χ0n) is 9.08. The lowest BCUT2D eigenvalue weighted by Gasteiger charge is -2.25. The van der Waals surface area contributed by atoms with Gasteiger partial charge in [0.1, 0.15) is 0 Å². The SMILES string of the molecule is Cc1ccc(C(Cl)C2CC3CCC2C3)s1. The van der Waals surface area contributed by atoms with Gasteiger partial charge >= 0.3 is 0 Å². The number of thiophene rings is 1. The first-order chi connectivity index (χ1) is 7.24. The summed E-state index contributed by atoms with van der Waals surface area (Å²) in [6, 6.07) is 4.42. The summed E-state index contributed by atoms with van der Waals surface area (Å²) in [5.41, 5.74) is 0. The molecule has 15 heavy (non-hydrogen) atoms. The normalized spacial score (nSPS) is 36.0. The summed E-state index contributed by atoms with van der Waals surface area (Å²) >= 11 is 8.51. The predicted octanol–water partition coefficient (Wildman–Crippen LogP) is 4.77. The largest absolute Gasteiger partial charge is 0.144 e. The van der Waals surface area contributed by atoms with Gasteiger partial charge in [-0.25, -0.2) is 0 Å². The molecule has 2 heteroatoms. The molecule has 0 radical (unpaired) electrons. The number of halogens is 1. The van der Waals surface area contributed by atoms with Gasteiger partial charge in [0.05, 0.1) is 5.38 Å². The Kier molecular flexibility index (Phi) is 2.56. The molecule has 0 aliphatic heterocycles. The van der Waals surface area contributed by atoms with Gasteiger partial charge in [0.15, 0.2) is 0 Å². The molecule has 2 aliphatic carbocycles. The maximum Gasteiger partial charge on any atom is 0.0709 e. The molecule has 3 rings (SSSR count). The van der Waals surface area contributed by atoms with Crippen LogP contribution in [0.1, 0.15) is 40.8 Å². The van der Waals surface area contributed by atoms with Crippen LogP contribution in [-0.4, -0.2) is 0 Å². The van der Waals surface area contributed by atoms with Gasteiger partial charge in [-0.1, -0.05) is 6.42 Å². The van der Waals surface area contributed by atoms with Crippen LogP contribution in [0.25, 0.3) is 0 Å². The first-order valence-corrected chi connectivity index (χ1v) is 7.19. The lowest BCUT2D eigenvalue weighted by Crippen LogP contribution is -2.15. The van der Waals surface area contributed by atoms with Crippen molar-refractivity contribution in [2.45, 2.75) is 38.0 Å². The highest BCUT2D eigenvalue weighted by Crippen LogP contribution is 2.54. The summed E-state index contributed by atoms with van der Waals surface area (Å²) in [5.74, 6) is 2.70. The number of fused-ring (bicyclic) bond motifs is 2. The van der Waals surface area contributed by atoms with Crippen molar-refractivity contribution >= 4 is 22.9 Å². The van der Waals surface area contributed by atoms with Crippen LogP contribution in [0.5, 0.6) is 0 Å². The fourth-order valence-electron chi connectivity index (χ4n) is 3.46. The second-order valence-corrected chi connectivity index (χ2v) is 6.98. The van der Waals surface area contributed by atoms with E-state index in [-0.39, 0.29) is 0 Å². The Morgan fingerprint density at radius 2 is 2.20 bits per heavy atom. The van der Waals surface area contributed by atoms with E-state index in [0.29, 0.717) is 5.38 Å². The fraction of sp³-hybridized carbons (Fsp3) is 0.692. The van der Waals surface area contributed by atoms with E-state index in [0.717, 1.165) is 17.8 Å². The topological polar surface area (TPSA) is 0 Å². The van der Waals surface area contributed by atoms with Crippen LogP contribution in [-0.2, 0) is 0 Å². The summed E-state index contributed by atoms with van der Waals surface area (Å²) in [7, 11) is 0. The summed E-state index contributed by atoms with van der Waals surface area (Å²) in [6.45, 7) is 2.17. The number of rotatable bonds is 2. The van der Waals surface area contributed by atoms with Gasteiger partial charge in [0.2, 0.25) is 0 Å². The molecule has 0 nitrogen and oxygen atoms in total. The van der Waals surface area contributed by atoms with Crippen molar-refractivity contribution < 1.29 is 0 Å². The van der Waals surface area contributed by atoms with Crippen LogP contribution in [0.15, 0.2) is 12.1 Å². The third kappa shape index (κ3) is 1.74. The molecule has 82 valence electrons. The minimum Gasteiger partial charge on any atom is -0.144 e. The molecule has 2 saturated carbocycles. The maximum absolute atomic E-state index is 6.63. The summed E-state index contributed by atoms with van der Waals surface area (Å²) < 4.78 is 0. The lowest BCUT2D eigenvalue weighted by atomic mass is 9.86. The van der Waals surface area contributed by atoms with Gasteiger partial charge in [-0.05, 0) is 56.1 Å². The van der Waals surface area contributed by atoms with Gasteiger partial charge in [-0.15, -0.1) is 22.9 Å². The first-order valence-electron chi connectivity index (χ1n) is 5.94. The molecule has 4 atom stereocenters. The number of hydrogen-bond acceptors (Lipinski definition) is 1. The third-order valence-corrected chi connectivity index (χ3v) is 5.97. The van der Waals surface area contributed by atoms with Gasteiger partial charge in [0, 0.05) is 9.75 Å². The molecule has 0 aromatic carbocycles. The fourth-order valence-corrected chi connectivity index (χ4v) is 4.91. The van der Waals surface area contributed by atoms with E-state index in [4.69, 9.17) is 11.6 Å². The highest BCUT2D eigenvalue weighted by Gasteiger charge is 2.43. The average Bonchev–Trinajstić information content (AvgIpc) is 2.90. The molecule has 0 amide bonds. The monoisotopic (exact) mass is 240 g/mol. The quantitative estimate of drug-likeness (QED) is 0.653. The molecule has 1 aromatic heterocycles. The van der Waals surface area contributed by atoms with E-state index in [1.165, 1.54) is 35.4 Å². The Bertz CT molecular complexity index is 357. The van der Waals surface area contributed by atoms with Gasteiger partial charge < -0.3 is 0 Å². The summed E-state index contributed by atoms with van der Waals surface area (Å²) in [6.07, 6.45) is 5.74. The van der Waals surface area contributed by atoms with Crippen molar-refractivity contribution in [3.8, 4) is 0 Å². The van der Waals surface area contributed by atoms with Gasteiger partial charge in [-0.3, -0.25) is 0 Å². The van der Waals surface area contributed by atoms with Crippen LogP contribution in [0.2, 0.25) is 0 Å². The van der Waals surface area contributed by atoms with Crippen molar-refractivity contribution in [2.24, 2.45) is 17.8 Å². The highest BCUT2D eigenvalue weighted by atomic mass is 35.5. The van der Waals surface area contributed by atoms with E-state index in [9.17, 15) is 0 Å². The van der Waals surface area contributed by atoms with E-state index >= 15 is 0 Å². The summed E-state index contributed by atoms with van der Waals surface area (Å²) in [5, 5.41) is 0.291. The number of aryl methyl sites for hydroxylation is 1. The zero-order chi connectivity index (χ0) is 10.4. The molecule has 2 aliphatic rings. The molecule has 2 bridgehead atoms. The Balaban J connectivity index is 1.77.